The van der Waals surface area contributed by atoms with Crippen LogP contribution in [0.4, 0.5) is 0 Å². The van der Waals surface area contributed by atoms with Crippen molar-refractivity contribution in [2.75, 3.05) is 7.11 Å². The summed E-state index contributed by atoms with van der Waals surface area (Å²) >= 11 is 5.38. The molecule has 0 fully saturated rings. The third kappa shape index (κ3) is 8.07. The van der Waals surface area contributed by atoms with Gasteiger partial charge in [0.25, 0.3) is 0 Å². The van der Waals surface area contributed by atoms with Crippen molar-refractivity contribution in [3.63, 3.8) is 0 Å². The second-order valence-electron chi connectivity index (χ2n) is 9.21. The Hall–Kier alpha value is -1.92. The van der Waals surface area contributed by atoms with Gasteiger partial charge in [-0.15, -0.1) is 0 Å². The molecule has 0 aliphatic heterocycles. The van der Waals surface area contributed by atoms with Crippen LogP contribution in [0.25, 0.3) is 0 Å². The molecule has 0 spiro atoms. The predicted molar refractivity (Wildman–Crippen MR) is 129 cm³/mol. The summed E-state index contributed by atoms with van der Waals surface area (Å²) in [5.74, 6) is 1.17. The summed E-state index contributed by atoms with van der Waals surface area (Å²) in [6, 6.07) is 7.64. The molecule has 5 nitrogen and oxygen atoms in total. The maximum absolute atomic E-state index is 10.9. The average Bonchev–Trinajstić information content (AvgIpc) is 2.68. The lowest BCUT2D eigenvalue weighted by Gasteiger charge is -2.36. The fraction of sp³-hybridized carbons (Fsp3) is 0.583. The van der Waals surface area contributed by atoms with E-state index >= 15 is 0 Å². The molecule has 0 saturated carbocycles. The van der Waals surface area contributed by atoms with Gasteiger partial charge in [-0.2, -0.15) is 5.10 Å². The third-order valence-electron chi connectivity index (χ3n) is 5.95. The van der Waals surface area contributed by atoms with E-state index in [4.69, 9.17) is 17.0 Å². The van der Waals surface area contributed by atoms with Crippen LogP contribution in [0.1, 0.15) is 71.8 Å². The number of benzene rings is 1. The number of allylic oxidation sites excluding steroid dienone is 2. The van der Waals surface area contributed by atoms with Crippen molar-refractivity contribution in [1.82, 2.24) is 10.7 Å². The third-order valence-corrected chi connectivity index (χ3v) is 6.14. The SMILES string of the molecule is COc1ccc(/C=N\NC(=S)NC(C)(C)CCC[C@](C)(O)[C@@H]2CC=C(C)CC2)cc1. The number of hydrazone groups is 1. The number of thiocarbonyl (C=S) groups is 1. The molecule has 0 saturated heterocycles. The van der Waals surface area contributed by atoms with Crippen LogP contribution < -0.4 is 15.5 Å². The highest BCUT2D eigenvalue weighted by atomic mass is 32.1. The second kappa shape index (κ2) is 10.9. The molecule has 0 amide bonds. The number of hydrogen-bond donors (Lipinski definition) is 3. The van der Waals surface area contributed by atoms with Crippen molar-refractivity contribution < 1.29 is 9.84 Å². The van der Waals surface area contributed by atoms with Crippen LogP contribution in [0.2, 0.25) is 0 Å². The minimum Gasteiger partial charge on any atom is -0.497 e. The van der Waals surface area contributed by atoms with E-state index in [0.29, 0.717) is 11.0 Å². The van der Waals surface area contributed by atoms with Crippen LogP contribution in [0.15, 0.2) is 41.0 Å². The van der Waals surface area contributed by atoms with Gasteiger partial charge in [0.2, 0.25) is 0 Å². The summed E-state index contributed by atoms with van der Waals surface area (Å²) in [5, 5.41) is 19.0. The maximum Gasteiger partial charge on any atom is 0.187 e. The molecule has 2 atom stereocenters. The van der Waals surface area contributed by atoms with Gasteiger partial charge in [-0.1, -0.05) is 11.6 Å². The number of nitrogens with one attached hydrogen (secondary N) is 2. The Morgan fingerprint density at radius 2 is 1.97 bits per heavy atom. The summed E-state index contributed by atoms with van der Waals surface area (Å²) in [6.45, 7) is 8.41. The van der Waals surface area contributed by atoms with E-state index in [2.05, 4.69) is 42.7 Å². The predicted octanol–water partition coefficient (Wildman–Crippen LogP) is 4.94. The van der Waals surface area contributed by atoms with E-state index in [0.717, 1.165) is 49.8 Å². The van der Waals surface area contributed by atoms with Gasteiger partial charge in [-0.25, -0.2) is 0 Å². The molecule has 0 bridgehead atoms. The van der Waals surface area contributed by atoms with Gasteiger partial charge in [0, 0.05) is 5.54 Å². The van der Waals surface area contributed by atoms with E-state index < -0.39 is 5.60 Å². The minimum absolute atomic E-state index is 0.182. The van der Waals surface area contributed by atoms with Crippen LogP contribution in [0, 0.1) is 5.92 Å². The molecule has 6 heteroatoms. The molecule has 0 aromatic heterocycles. The van der Waals surface area contributed by atoms with Gasteiger partial charge < -0.3 is 15.2 Å². The van der Waals surface area contributed by atoms with Crippen LogP contribution >= 0.6 is 12.2 Å². The molecular weight excluding hydrogens is 394 g/mol. The zero-order valence-corrected chi connectivity index (χ0v) is 19.8. The first-order valence-corrected chi connectivity index (χ1v) is 11.2. The molecule has 0 heterocycles. The first kappa shape index (κ1) is 24.4. The van der Waals surface area contributed by atoms with E-state index in [-0.39, 0.29) is 5.54 Å². The Kier molecular flexibility index (Phi) is 8.86. The largest absolute Gasteiger partial charge is 0.497 e. The highest BCUT2D eigenvalue weighted by Gasteiger charge is 2.32. The van der Waals surface area contributed by atoms with E-state index in [1.807, 2.05) is 31.2 Å². The normalized spacial score (nSPS) is 19.1. The molecule has 1 aromatic rings. The van der Waals surface area contributed by atoms with Crippen molar-refractivity contribution in [2.24, 2.45) is 11.0 Å². The summed E-state index contributed by atoms with van der Waals surface area (Å²) in [7, 11) is 1.64. The molecule has 0 unspecified atom stereocenters. The molecule has 1 aromatic carbocycles. The van der Waals surface area contributed by atoms with Crippen LogP contribution in [0.3, 0.4) is 0 Å². The fourth-order valence-corrected chi connectivity index (χ4v) is 4.20. The summed E-state index contributed by atoms with van der Waals surface area (Å²) in [5.41, 5.74) is 4.49. The standard InChI is InChI=1S/C24H37N3O2S/c1-18-7-11-20(12-8-18)24(4,28)16-6-15-23(2,3)26-22(30)27-25-17-19-9-13-21(29-5)14-10-19/h7,9-10,13-14,17,20,28H,6,8,11-12,15-16H2,1-5H3,(H2,26,27,30)/b25-17-/t20-,24+/m1/s1. The number of aliphatic hydroxyl groups is 1. The molecule has 30 heavy (non-hydrogen) atoms. The maximum atomic E-state index is 10.9. The first-order chi connectivity index (χ1) is 14.1. The van der Waals surface area contributed by atoms with E-state index in [9.17, 15) is 5.11 Å². The second-order valence-corrected chi connectivity index (χ2v) is 9.62. The van der Waals surface area contributed by atoms with E-state index in [1.165, 1.54) is 5.57 Å². The number of methoxy groups -OCH3 is 1. The summed E-state index contributed by atoms with van der Waals surface area (Å²) < 4.78 is 5.15. The van der Waals surface area contributed by atoms with Crippen molar-refractivity contribution >= 4 is 23.5 Å². The quantitative estimate of drug-likeness (QED) is 0.224. The minimum atomic E-state index is -0.616. The Bertz CT molecular complexity index is 754. The van der Waals surface area contributed by atoms with Crippen molar-refractivity contribution in [3.05, 3.63) is 41.5 Å². The molecular formula is C24H37N3O2S. The molecule has 2 rings (SSSR count). The first-order valence-electron chi connectivity index (χ1n) is 10.7. The number of rotatable bonds is 9. The summed E-state index contributed by atoms with van der Waals surface area (Å²) in [4.78, 5) is 0. The monoisotopic (exact) mass is 431 g/mol. The molecule has 166 valence electrons. The van der Waals surface area contributed by atoms with Crippen molar-refractivity contribution in [1.29, 1.82) is 0 Å². The van der Waals surface area contributed by atoms with Crippen LogP contribution in [-0.2, 0) is 0 Å². The van der Waals surface area contributed by atoms with E-state index in [1.54, 1.807) is 13.3 Å². The smallest absolute Gasteiger partial charge is 0.187 e. The van der Waals surface area contributed by atoms with Gasteiger partial charge in [0.05, 0.1) is 18.9 Å². The lowest BCUT2D eigenvalue weighted by molar-refractivity contribution is -0.0159. The Morgan fingerprint density at radius 1 is 1.27 bits per heavy atom. The summed E-state index contributed by atoms with van der Waals surface area (Å²) in [6.07, 6.45) is 9.81. The van der Waals surface area contributed by atoms with Crippen molar-refractivity contribution in [2.45, 2.75) is 77.4 Å². The van der Waals surface area contributed by atoms with Gasteiger partial charge in [0.1, 0.15) is 5.75 Å². The lowest BCUT2D eigenvalue weighted by Crippen LogP contribution is -2.47. The molecule has 3 N–H and O–H groups in total. The average molecular weight is 432 g/mol. The number of nitrogens with zero attached hydrogens (tertiary/aromatic N) is 1. The highest BCUT2D eigenvalue weighted by molar-refractivity contribution is 7.80. The van der Waals surface area contributed by atoms with Gasteiger partial charge in [0.15, 0.2) is 5.11 Å². The van der Waals surface area contributed by atoms with Gasteiger partial charge >= 0.3 is 0 Å². The lowest BCUT2D eigenvalue weighted by atomic mass is 9.76. The van der Waals surface area contributed by atoms with Crippen LogP contribution in [0.5, 0.6) is 5.75 Å². The van der Waals surface area contributed by atoms with Crippen molar-refractivity contribution in [3.8, 4) is 5.75 Å². The fourth-order valence-electron chi connectivity index (χ4n) is 3.88. The molecule has 1 aliphatic carbocycles. The Morgan fingerprint density at radius 3 is 2.57 bits per heavy atom. The number of ether oxygens (including phenoxy) is 1. The Labute approximate surface area is 187 Å². The highest BCUT2D eigenvalue weighted by Crippen LogP contribution is 2.35. The van der Waals surface area contributed by atoms with Gasteiger partial charge in [-0.05, 0) is 114 Å². The molecule has 1 aliphatic rings. The van der Waals surface area contributed by atoms with Gasteiger partial charge in [-0.3, -0.25) is 5.43 Å². The zero-order valence-electron chi connectivity index (χ0n) is 19.0. The zero-order chi connectivity index (χ0) is 22.2. The van der Waals surface area contributed by atoms with Crippen LogP contribution in [-0.4, -0.2) is 34.7 Å². The molecule has 0 radical (unpaired) electrons. The number of hydrogen-bond acceptors (Lipinski definition) is 4. The topological polar surface area (TPSA) is 65.9 Å². The Balaban J connectivity index is 1.74.